The first kappa shape index (κ1) is 24.2. The molecule has 0 saturated heterocycles. The normalized spacial score (nSPS) is 11.2. The molecule has 17 heavy (non-hydrogen) atoms. The minimum absolute atomic E-state index is 0. The first-order valence-electron chi connectivity index (χ1n) is 5.44. The summed E-state index contributed by atoms with van der Waals surface area (Å²) in [5.74, 6) is -4.41. The van der Waals surface area contributed by atoms with Crippen LogP contribution in [-0.4, -0.2) is 11.9 Å². The predicted molar refractivity (Wildman–Crippen MR) is 51.4 cm³/mol. The summed E-state index contributed by atoms with van der Waals surface area (Å²) in [6, 6.07) is 0. The van der Waals surface area contributed by atoms with Gasteiger partial charge in [-0.05, 0) is 12.3 Å². The van der Waals surface area contributed by atoms with Gasteiger partial charge in [-0.1, -0.05) is 39.5 Å². The molecule has 0 aliphatic rings. The molecule has 0 radical (unpaired) electrons. The summed E-state index contributed by atoms with van der Waals surface area (Å²) in [7, 11) is 0. The molecular formula is C11H18K2O4. The van der Waals surface area contributed by atoms with Gasteiger partial charge >= 0.3 is 103 Å². The second-order valence-corrected chi connectivity index (χ2v) is 3.84. The fourth-order valence-corrected chi connectivity index (χ4v) is 1.60. The standard InChI is InChI=1S/C11H20O4.2K/c1-3-5-6-8(4-2)7-9(10(12)13)11(14)15;;/h8-9H,3-7H2,1-2H3,(H,12,13)(H,14,15);;/q;2*+1/p-2. The monoisotopic (exact) mass is 292 g/mol. The van der Waals surface area contributed by atoms with Crippen LogP contribution in [0, 0.1) is 11.8 Å². The summed E-state index contributed by atoms with van der Waals surface area (Å²) < 4.78 is 0. The molecule has 0 fully saturated rings. The summed E-state index contributed by atoms with van der Waals surface area (Å²) in [5.41, 5.74) is 0. The summed E-state index contributed by atoms with van der Waals surface area (Å²) in [6.07, 6.45) is 3.80. The van der Waals surface area contributed by atoms with Crippen LogP contribution >= 0.6 is 0 Å². The Kier molecular flexibility index (Phi) is 20.8. The molecule has 0 spiro atoms. The molecule has 0 aliphatic heterocycles. The number of carbonyl (C=O) groups is 2. The van der Waals surface area contributed by atoms with E-state index < -0.39 is 17.9 Å². The van der Waals surface area contributed by atoms with Crippen LogP contribution < -0.4 is 113 Å². The minimum Gasteiger partial charge on any atom is -0.549 e. The topological polar surface area (TPSA) is 80.3 Å². The Hall–Kier alpha value is 2.21. The van der Waals surface area contributed by atoms with Gasteiger partial charge in [-0.15, -0.1) is 0 Å². The van der Waals surface area contributed by atoms with E-state index in [4.69, 9.17) is 0 Å². The van der Waals surface area contributed by atoms with E-state index in [1.165, 1.54) is 0 Å². The van der Waals surface area contributed by atoms with E-state index in [0.717, 1.165) is 25.7 Å². The minimum atomic E-state index is -1.54. The number of hydrogen-bond acceptors (Lipinski definition) is 4. The van der Waals surface area contributed by atoms with E-state index in [1.807, 2.05) is 13.8 Å². The van der Waals surface area contributed by atoms with E-state index in [1.54, 1.807) is 0 Å². The molecule has 6 heteroatoms. The zero-order valence-electron chi connectivity index (χ0n) is 11.3. The van der Waals surface area contributed by atoms with Gasteiger partial charge in [0.05, 0.1) is 11.9 Å². The third-order valence-corrected chi connectivity index (χ3v) is 2.68. The van der Waals surface area contributed by atoms with E-state index >= 15 is 0 Å². The molecule has 0 N–H and O–H groups in total. The summed E-state index contributed by atoms with van der Waals surface area (Å²) in [4.78, 5) is 21.1. The van der Waals surface area contributed by atoms with E-state index in [0.29, 0.717) is 0 Å². The van der Waals surface area contributed by atoms with E-state index in [-0.39, 0.29) is 115 Å². The predicted octanol–water partition coefficient (Wildman–Crippen LogP) is -6.28. The zero-order chi connectivity index (χ0) is 11.8. The molecule has 4 nitrogen and oxygen atoms in total. The van der Waals surface area contributed by atoms with Crippen LogP contribution in [-0.2, 0) is 9.59 Å². The van der Waals surface area contributed by atoms with Crippen molar-refractivity contribution in [1.29, 1.82) is 0 Å². The molecule has 0 saturated carbocycles. The fourth-order valence-electron chi connectivity index (χ4n) is 1.60. The smallest absolute Gasteiger partial charge is 0.549 e. The molecule has 0 heterocycles. The Bertz CT molecular complexity index is 208. The van der Waals surface area contributed by atoms with Crippen LogP contribution in [0.5, 0.6) is 0 Å². The molecule has 88 valence electrons. The molecule has 0 aromatic heterocycles. The third kappa shape index (κ3) is 11.7. The van der Waals surface area contributed by atoms with Gasteiger partial charge in [0.15, 0.2) is 0 Å². The zero-order valence-corrected chi connectivity index (χ0v) is 17.6. The molecular weight excluding hydrogens is 274 g/mol. The van der Waals surface area contributed by atoms with Gasteiger partial charge < -0.3 is 19.8 Å². The maximum Gasteiger partial charge on any atom is 1.00 e. The number of unbranched alkanes of at least 4 members (excludes halogenated alkanes) is 1. The average molecular weight is 292 g/mol. The van der Waals surface area contributed by atoms with Gasteiger partial charge in [0.2, 0.25) is 0 Å². The molecule has 1 atom stereocenters. The van der Waals surface area contributed by atoms with Crippen molar-refractivity contribution >= 4 is 11.9 Å². The summed E-state index contributed by atoms with van der Waals surface area (Å²) in [6.45, 7) is 3.98. The molecule has 0 aliphatic carbocycles. The van der Waals surface area contributed by atoms with E-state index in [9.17, 15) is 19.8 Å². The van der Waals surface area contributed by atoms with Crippen molar-refractivity contribution in [2.24, 2.45) is 11.8 Å². The summed E-state index contributed by atoms with van der Waals surface area (Å²) in [5, 5.41) is 21.1. The maximum absolute atomic E-state index is 10.5. The number of hydrogen-bond donors (Lipinski definition) is 0. The van der Waals surface area contributed by atoms with E-state index in [2.05, 4.69) is 0 Å². The number of carbonyl (C=O) groups excluding carboxylic acids is 2. The maximum atomic E-state index is 10.5. The molecule has 0 rings (SSSR count). The Morgan fingerprint density at radius 3 is 1.82 bits per heavy atom. The first-order chi connectivity index (χ1) is 7.02. The summed E-state index contributed by atoms with van der Waals surface area (Å²) >= 11 is 0. The Balaban J connectivity index is -0.000000980. The van der Waals surface area contributed by atoms with Crippen LogP contribution in [0.15, 0.2) is 0 Å². The van der Waals surface area contributed by atoms with Crippen LogP contribution in [0.3, 0.4) is 0 Å². The van der Waals surface area contributed by atoms with Crippen molar-refractivity contribution in [3.8, 4) is 0 Å². The van der Waals surface area contributed by atoms with Gasteiger partial charge in [0, 0.05) is 5.92 Å². The Morgan fingerprint density at radius 1 is 1.06 bits per heavy atom. The van der Waals surface area contributed by atoms with Crippen LogP contribution in [0.2, 0.25) is 0 Å². The van der Waals surface area contributed by atoms with Crippen molar-refractivity contribution in [1.82, 2.24) is 0 Å². The van der Waals surface area contributed by atoms with Gasteiger partial charge in [-0.2, -0.15) is 0 Å². The third-order valence-electron chi connectivity index (χ3n) is 2.68. The van der Waals surface area contributed by atoms with Gasteiger partial charge in [0.25, 0.3) is 0 Å². The molecule has 0 amide bonds. The molecule has 0 aromatic carbocycles. The van der Waals surface area contributed by atoms with Crippen LogP contribution in [0.25, 0.3) is 0 Å². The molecule has 0 aromatic rings. The fraction of sp³-hybridized carbons (Fsp3) is 0.818. The number of aliphatic carboxylic acids is 2. The largest absolute Gasteiger partial charge is 1.00 e. The van der Waals surface area contributed by atoms with Gasteiger partial charge in [-0.3, -0.25) is 0 Å². The molecule has 1 unspecified atom stereocenters. The first-order valence-corrected chi connectivity index (χ1v) is 5.44. The van der Waals surface area contributed by atoms with Gasteiger partial charge in [-0.25, -0.2) is 0 Å². The second kappa shape index (κ2) is 14.6. The number of carboxylic acids is 2. The van der Waals surface area contributed by atoms with Crippen molar-refractivity contribution in [3.63, 3.8) is 0 Å². The van der Waals surface area contributed by atoms with Crippen LogP contribution in [0.1, 0.15) is 46.0 Å². The molecule has 0 bridgehead atoms. The van der Waals surface area contributed by atoms with Crippen LogP contribution in [0.4, 0.5) is 0 Å². The Morgan fingerprint density at radius 2 is 1.53 bits per heavy atom. The number of rotatable bonds is 8. The number of carboxylic acid groups (broad SMARTS) is 2. The quantitative estimate of drug-likeness (QED) is 0.329. The SMILES string of the molecule is CCCCC(CC)CC(C(=O)[O-])C(=O)[O-].[K+].[K+]. The van der Waals surface area contributed by atoms with Crippen molar-refractivity contribution < 1.29 is 123 Å². The second-order valence-electron chi connectivity index (χ2n) is 3.84. The van der Waals surface area contributed by atoms with Crippen molar-refractivity contribution in [2.75, 3.05) is 0 Å². The average Bonchev–Trinajstić information content (AvgIpc) is 2.17. The van der Waals surface area contributed by atoms with Crippen molar-refractivity contribution in [3.05, 3.63) is 0 Å². The Labute approximate surface area is 188 Å². The van der Waals surface area contributed by atoms with Crippen molar-refractivity contribution in [2.45, 2.75) is 46.0 Å². The van der Waals surface area contributed by atoms with Gasteiger partial charge in [0.1, 0.15) is 0 Å².